The van der Waals surface area contributed by atoms with Crippen molar-refractivity contribution in [2.45, 2.75) is 51.4 Å². The molecule has 0 bridgehead atoms. The van der Waals surface area contributed by atoms with Crippen LogP contribution in [0.5, 0.6) is 0 Å². The molecule has 3 nitrogen and oxygen atoms in total. The second-order valence-corrected chi connectivity index (χ2v) is 4.47. The van der Waals surface area contributed by atoms with E-state index in [0.29, 0.717) is 13.2 Å². The number of halogens is 1. The van der Waals surface area contributed by atoms with Crippen LogP contribution in [0.3, 0.4) is 0 Å². The van der Waals surface area contributed by atoms with Gasteiger partial charge in [-0.15, -0.1) is 0 Å². The van der Waals surface area contributed by atoms with Crippen molar-refractivity contribution in [2.75, 3.05) is 18.5 Å². The fourth-order valence-corrected chi connectivity index (χ4v) is 1.66. The fraction of sp³-hybridized carbons (Fsp3) is 0.917. The summed E-state index contributed by atoms with van der Waals surface area (Å²) in [5, 5.41) is 8.88. The van der Waals surface area contributed by atoms with Gasteiger partial charge in [0.05, 0.1) is 6.61 Å². The van der Waals surface area contributed by atoms with Gasteiger partial charge < -0.3 is 9.84 Å². The molecule has 0 fully saturated rings. The first-order valence-electron chi connectivity index (χ1n) is 6.13. The molecule has 0 heterocycles. The highest BCUT2D eigenvalue weighted by atomic mass is 79.9. The Balaban J connectivity index is 2.96. The van der Waals surface area contributed by atoms with Gasteiger partial charge in [-0.05, 0) is 12.8 Å². The van der Waals surface area contributed by atoms with E-state index in [1.54, 1.807) is 0 Å². The number of carbonyl (C=O) groups is 1. The maximum atomic E-state index is 10.8. The number of hydrogen-bond donors (Lipinski definition) is 1. The van der Waals surface area contributed by atoms with E-state index in [1.807, 2.05) is 0 Å². The van der Waals surface area contributed by atoms with Crippen LogP contribution in [-0.2, 0) is 9.53 Å². The molecule has 0 atom stereocenters. The summed E-state index contributed by atoms with van der Waals surface area (Å²) < 4.78 is 4.94. The standard InChI is InChI=1S/C12H23BrO3/c13-11-12(15)16-10-8-6-4-2-1-3-5-7-9-14/h14H,1-11H2. The van der Waals surface area contributed by atoms with Gasteiger partial charge in [0, 0.05) is 6.61 Å². The lowest BCUT2D eigenvalue weighted by Crippen LogP contribution is -2.06. The number of rotatable bonds is 11. The van der Waals surface area contributed by atoms with Crippen LogP contribution in [-0.4, -0.2) is 29.6 Å². The van der Waals surface area contributed by atoms with Gasteiger partial charge in [0.2, 0.25) is 0 Å². The molecule has 4 heteroatoms. The zero-order chi connectivity index (χ0) is 12.1. The summed E-state index contributed by atoms with van der Waals surface area (Å²) in [4.78, 5) is 10.8. The molecule has 0 radical (unpaired) electrons. The van der Waals surface area contributed by atoms with Gasteiger partial charge in [0.1, 0.15) is 5.33 Å². The molecule has 0 rings (SSSR count). The second kappa shape index (κ2) is 13.0. The van der Waals surface area contributed by atoms with Gasteiger partial charge in [-0.1, -0.05) is 54.5 Å². The van der Waals surface area contributed by atoms with E-state index in [9.17, 15) is 4.79 Å². The first-order chi connectivity index (χ1) is 7.81. The summed E-state index contributed by atoms with van der Waals surface area (Å²) in [5.74, 6) is -0.177. The molecule has 0 aliphatic heterocycles. The van der Waals surface area contributed by atoms with Crippen molar-refractivity contribution in [2.24, 2.45) is 0 Å². The molecule has 1 N–H and O–H groups in total. The van der Waals surface area contributed by atoms with Crippen LogP contribution in [0.15, 0.2) is 0 Å². The van der Waals surface area contributed by atoms with E-state index >= 15 is 0 Å². The largest absolute Gasteiger partial charge is 0.465 e. The highest BCUT2D eigenvalue weighted by Gasteiger charge is 1.98. The summed E-state index contributed by atoms with van der Waals surface area (Å²) in [6.07, 6.45) is 9.11. The molecule has 0 aromatic carbocycles. The topological polar surface area (TPSA) is 46.5 Å². The first-order valence-corrected chi connectivity index (χ1v) is 7.26. The number of alkyl halides is 1. The molecular formula is C12H23BrO3. The van der Waals surface area contributed by atoms with Gasteiger partial charge >= 0.3 is 5.97 Å². The lowest BCUT2D eigenvalue weighted by Gasteiger charge is -2.03. The van der Waals surface area contributed by atoms with Gasteiger partial charge in [-0.25, -0.2) is 0 Å². The smallest absolute Gasteiger partial charge is 0.316 e. The minimum atomic E-state index is -0.177. The molecule has 16 heavy (non-hydrogen) atoms. The van der Waals surface area contributed by atoms with Gasteiger partial charge in [0.25, 0.3) is 0 Å². The van der Waals surface area contributed by atoms with Crippen molar-refractivity contribution >= 4 is 21.9 Å². The lowest BCUT2D eigenvalue weighted by atomic mass is 10.1. The highest BCUT2D eigenvalue weighted by molar-refractivity contribution is 9.09. The van der Waals surface area contributed by atoms with Crippen molar-refractivity contribution in [1.29, 1.82) is 0 Å². The van der Waals surface area contributed by atoms with E-state index in [2.05, 4.69) is 15.9 Å². The van der Waals surface area contributed by atoms with Crippen LogP contribution in [0.4, 0.5) is 0 Å². The Morgan fingerprint density at radius 1 is 0.938 bits per heavy atom. The van der Waals surface area contributed by atoms with E-state index in [-0.39, 0.29) is 11.3 Å². The second-order valence-electron chi connectivity index (χ2n) is 3.91. The summed E-state index contributed by atoms with van der Waals surface area (Å²) in [7, 11) is 0. The van der Waals surface area contributed by atoms with E-state index in [0.717, 1.165) is 25.7 Å². The number of ether oxygens (including phenoxy) is 1. The molecule has 0 spiro atoms. The summed E-state index contributed by atoms with van der Waals surface area (Å²) >= 11 is 3.05. The third-order valence-corrected chi connectivity index (χ3v) is 2.88. The Labute approximate surface area is 107 Å². The Hall–Kier alpha value is -0.0900. The number of aliphatic hydroxyl groups excluding tert-OH is 1. The predicted molar refractivity (Wildman–Crippen MR) is 68.8 cm³/mol. The highest BCUT2D eigenvalue weighted by Crippen LogP contribution is 2.08. The zero-order valence-electron chi connectivity index (χ0n) is 9.92. The van der Waals surface area contributed by atoms with Crippen LogP contribution in [0.2, 0.25) is 0 Å². The average molecular weight is 295 g/mol. The molecular weight excluding hydrogens is 272 g/mol. The van der Waals surface area contributed by atoms with Crippen molar-refractivity contribution in [3.05, 3.63) is 0 Å². The number of esters is 1. The van der Waals surface area contributed by atoms with E-state index in [4.69, 9.17) is 9.84 Å². The number of hydrogen-bond acceptors (Lipinski definition) is 3. The maximum Gasteiger partial charge on any atom is 0.316 e. The van der Waals surface area contributed by atoms with Crippen LogP contribution < -0.4 is 0 Å². The van der Waals surface area contributed by atoms with Crippen molar-refractivity contribution in [3.63, 3.8) is 0 Å². The van der Waals surface area contributed by atoms with Crippen molar-refractivity contribution in [3.8, 4) is 0 Å². The lowest BCUT2D eigenvalue weighted by molar-refractivity contribution is -0.140. The van der Waals surface area contributed by atoms with Crippen LogP contribution in [0, 0.1) is 0 Å². The minimum absolute atomic E-state index is 0.177. The monoisotopic (exact) mass is 294 g/mol. The van der Waals surface area contributed by atoms with Crippen LogP contribution in [0.25, 0.3) is 0 Å². The summed E-state index contributed by atoms with van der Waals surface area (Å²) in [6, 6.07) is 0. The molecule has 0 aromatic heterocycles. The minimum Gasteiger partial charge on any atom is -0.465 e. The molecule has 0 amide bonds. The van der Waals surface area contributed by atoms with E-state index in [1.165, 1.54) is 25.7 Å². The van der Waals surface area contributed by atoms with E-state index < -0.39 is 0 Å². The first kappa shape index (κ1) is 15.9. The van der Waals surface area contributed by atoms with Gasteiger partial charge in [0.15, 0.2) is 0 Å². The number of carbonyl (C=O) groups excluding carboxylic acids is 1. The molecule has 0 aliphatic carbocycles. The number of unbranched alkanes of at least 4 members (excludes halogenated alkanes) is 7. The zero-order valence-corrected chi connectivity index (χ0v) is 11.5. The summed E-state index contributed by atoms with van der Waals surface area (Å²) in [6.45, 7) is 0.869. The maximum absolute atomic E-state index is 10.8. The van der Waals surface area contributed by atoms with Crippen LogP contribution in [0.1, 0.15) is 51.4 Å². The Morgan fingerprint density at radius 3 is 1.94 bits per heavy atom. The normalized spacial score (nSPS) is 10.4. The molecule has 96 valence electrons. The summed E-state index contributed by atoms with van der Waals surface area (Å²) in [5.41, 5.74) is 0. The Kier molecular flexibility index (Phi) is 12.9. The molecule has 0 saturated carbocycles. The number of aliphatic hydroxyl groups is 1. The Morgan fingerprint density at radius 2 is 1.44 bits per heavy atom. The molecule has 0 aliphatic rings. The molecule has 0 aromatic rings. The molecule has 0 unspecified atom stereocenters. The third-order valence-electron chi connectivity index (χ3n) is 2.42. The van der Waals surface area contributed by atoms with Crippen molar-refractivity contribution < 1.29 is 14.6 Å². The fourth-order valence-electron chi connectivity index (χ4n) is 1.50. The van der Waals surface area contributed by atoms with Crippen LogP contribution >= 0.6 is 15.9 Å². The van der Waals surface area contributed by atoms with Crippen molar-refractivity contribution in [1.82, 2.24) is 0 Å². The van der Waals surface area contributed by atoms with Gasteiger partial charge in [-0.2, -0.15) is 0 Å². The Bertz CT molecular complexity index is 162. The predicted octanol–water partition coefficient (Wildman–Crippen LogP) is 3.04. The van der Waals surface area contributed by atoms with Gasteiger partial charge in [-0.3, -0.25) is 4.79 Å². The molecule has 0 saturated heterocycles. The third kappa shape index (κ3) is 12.0. The quantitative estimate of drug-likeness (QED) is 0.362. The SMILES string of the molecule is O=C(CBr)OCCCCCCCCCCO. The average Bonchev–Trinajstić information content (AvgIpc) is 2.31.